The number of benzene rings is 1. The largest absolute Gasteiger partial charge is 0.444 e. The number of anilines is 1. The van der Waals surface area contributed by atoms with Crippen molar-refractivity contribution in [1.82, 2.24) is 4.90 Å². The number of carbonyl (C=O) groups excluding carboxylic acids is 3. The highest BCUT2D eigenvalue weighted by Crippen LogP contribution is 2.47. The first kappa shape index (κ1) is 19.7. The zero-order chi connectivity index (χ0) is 20.8. The summed E-state index contributed by atoms with van der Waals surface area (Å²) in [5.41, 5.74) is 3.06. The van der Waals surface area contributed by atoms with E-state index in [1.165, 1.54) is 5.57 Å². The lowest BCUT2D eigenvalue weighted by atomic mass is 9.69. The molecule has 1 spiro atoms. The van der Waals surface area contributed by atoms with Crippen molar-refractivity contribution in [3.8, 4) is 0 Å². The Morgan fingerprint density at radius 1 is 1.14 bits per heavy atom. The number of ether oxygens (including phenoxy) is 1. The summed E-state index contributed by atoms with van der Waals surface area (Å²) in [6, 6.07) is 6.11. The average Bonchev–Trinajstić information content (AvgIpc) is 2.94. The molecule has 0 unspecified atom stereocenters. The normalized spacial score (nSPS) is 20.9. The van der Waals surface area contributed by atoms with E-state index in [2.05, 4.69) is 17.5 Å². The third kappa shape index (κ3) is 3.68. The fourth-order valence-electron chi connectivity index (χ4n) is 4.49. The molecular weight excluding hydrogens is 368 g/mol. The summed E-state index contributed by atoms with van der Waals surface area (Å²) < 4.78 is 5.46. The summed E-state index contributed by atoms with van der Waals surface area (Å²) in [6.45, 7) is 6.72. The lowest BCUT2D eigenvalue weighted by Crippen LogP contribution is -2.39. The maximum atomic E-state index is 12.7. The Hall–Kier alpha value is -2.63. The van der Waals surface area contributed by atoms with Gasteiger partial charge in [-0.05, 0) is 68.9 Å². The molecule has 1 aromatic rings. The van der Waals surface area contributed by atoms with Crippen molar-refractivity contribution in [2.45, 2.75) is 63.9 Å². The van der Waals surface area contributed by atoms with Crippen LogP contribution in [-0.4, -0.2) is 41.4 Å². The Bertz CT molecular complexity index is 900. The van der Waals surface area contributed by atoms with Crippen LogP contribution >= 0.6 is 0 Å². The van der Waals surface area contributed by atoms with Crippen LogP contribution in [0.1, 0.15) is 64.0 Å². The van der Waals surface area contributed by atoms with Crippen molar-refractivity contribution < 1.29 is 19.1 Å². The number of carbonyl (C=O) groups is 3. The summed E-state index contributed by atoms with van der Waals surface area (Å²) in [6.07, 6.45) is 4.61. The second kappa shape index (κ2) is 7.01. The van der Waals surface area contributed by atoms with Crippen LogP contribution in [0.2, 0.25) is 0 Å². The minimum atomic E-state index is -0.572. The molecule has 0 aromatic heterocycles. The predicted octanol–water partition coefficient (Wildman–Crippen LogP) is 4.04. The minimum absolute atomic E-state index is 0.0193. The maximum absolute atomic E-state index is 12.7. The van der Waals surface area contributed by atoms with Gasteiger partial charge in [-0.1, -0.05) is 12.1 Å². The van der Waals surface area contributed by atoms with E-state index in [1.807, 2.05) is 32.9 Å². The van der Waals surface area contributed by atoms with Gasteiger partial charge in [-0.15, -0.1) is 0 Å². The highest BCUT2D eigenvalue weighted by atomic mass is 16.6. The fraction of sp³-hybridized carbons (Fsp3) is 0.522. The maximum Gasteiger partial charge on any atom is 0.410 e. The first-order valence-electron chi connectivity index (χ1n) is 10.3. The van der Waals surface area contributed by atoms with Crippen LogP contribution in [0.4, 0.5) is 10.5 Å². The van der Waals surface area contributed by atoms with Crippen LogP contribution in [0.15, 0.2) is 24.3 Å². The monoisotopic (exact) mass is 396 g/mol. The molecule has 2 heterocycles. The molecular formula is C23H28N2O4. The summed E-state index contributed by atoms with van der Waals surface area (Å²) in [4.78, 5) is 38.5. The van der Waals surface area contributed by atoms with E-state index in [-0.39, 0.29) is 17.8 Å². The van der Waals surface area contributed by atoms with Crippen molar-refractivity contribution in [2.75, 3.05) is 18.4 Å². The van der Waals surface area contributed by atoms with Gasteiger partial charge < -0.3 is 15.0 Å². The standard InChI is InChI=1S/C23H28N2O4/c1-22(2,3)29-21(28)25-12-8-15(9-13-25)16-4-5-19-18(14-16)23(20(27)24-19)10-6-17(26)7-11-23/h4-5,8,14H,6-7,9-13H2,1-3H3,(H,24,27). The number of hydrogen-bond acceptors (Lipinski definition) is 4. The van der Waals surface area contributed by atoms with Crippen LogP contribution in [0, 0.1) is 0 Å². The van der Waals surface area contributed by atoms with E-state index < -0.39 is 11.0 Å². The van der Waals surface area contributed by atoms with Gasteiger partial charge >= 0.3 is 6.09 Å². The molecule has 1 aromatic carbocycles. The molecule has 0 atom stereocenters. The molecule has 154 valence electrons. The Morgan fingerprint density at radius 2 is 1.86 bits per heavy atom. The average molecular weight is 396 g/mol. The van der Waals surface area contributed by atoms with Crippen LogP contribution < -0.4 is 5.32 Å². The van der Waals surface area contributed by atoms with E-state index >= 15 is 0 Å². The van der Waals surface area contributed by atoms with E-state index in [4.69, 9.17) is 4.74 Å². The van der Waals surface area contributed by atoms with Gasteiger partial charge in [0, 0.05) is 31.6 Å². The Kier molecular flexibility index (Phi) is 4.75. The zero-order valence-electron chi connectivity index (χ0n) is 17.3. The van der Waals surface area contributed by atoms with Crippen molar-refractivity contribution in [3.63, 3.8) is 0 Å². The van der Waals surface area contributed by atoms with Gasteiger partial charge in [-0.2, -0.15) is 0 Å². The number of fused-ring (bicyclic) bond motifs is 2. The highest BCUT2D eigenvalue weighted by molar-refractivity contribution is 6.07. The van der Waals surface area contributed by atoms with E-state index in [1.54, 1.807) is 4.90 Å². The smallest absolute Gasteiger partial charge is 0.410 e. The van der Waals surface area contributed by atoms with Gasteiger partial charge in [0.05, 0.1) is 5.41 Å². The third-order valence-corrected chi connectivity index (χ3v) is 6.11. The molecule has 0 bridgehead atoms. The molecule has 3 aliphatic rings. The van der Waals surface area contributed by atoms with E-state index in [0.29, 0.717) is 38.8 Å². The van der Waals surface area contributed by atoms with Crippen LogP contribution in [0.3, 0.4) is 0 Å². The molecule has 1 N–H and O–H groups in total. The fourth-order valence-corrected chi connectivity index (χ4v) is 4.49. The minimum Gasteiger partial charge on any atom is -0.444 e. The number of hydrogen-bond donors (Lipinski definition) is 1. The lowest BCUT2D eigenvalue weighted by Gasteiger charge is -2.31. The quantitative estimate of drug-likeness (QED) is 0.777. The lowest BCUT2D eigenvalue weighted by molar-refractivity contribution is -0.126. The Balaban J connectivity index is 1.55. The molecule has 2 amide bonds. The van der Waals surface area contributed by atoms with Crippen molar-refractivity contribution in [1.29, 1.82) is 0 Å². The SMILES string of the molecule is CC(C)(C)OC(=O)N1CC=C(c2ccc3c(c2)C2(CCC(=O)CC2)C(=O)N3)CC1. The van der Waals surface area contributed by atoms with Crippen molar-refractivity contribution in [3.05, 3.63) is 35.4 Å². The number of Topliss-reactive ketones (excluding diaryl/α,β-unsaturated/α-hetero) is 1. The van der Waals surface area contributed by atoms with Gasteiger partial charge in [0.25, 0.3) is 0 Å². The van der Waals surface area contributed by atoms with E-state index in [9.17, 15) is 14.4 Å². The third-order valence-electron chi connectivity index (χ3n) is 6.11. The molecule has 4 rings (SSSR count). The Labute approximate surface area is 171 Å². The topological polar surface area (TPSA) is 75.7 Å². The summed E-state index contributed by atoms with van der Waals surface area (Å²) in [5, 5.41) is 3.01. The van der Waals surface area contributed by atoms with E-state index in [0.717, 1.165) is 23.2 Å². The van der Waals surface area contributed by atoms with Gasteiger partial charge in [0.1, 0.15) is 11.4 Å². The Morgan fingerprint density at radius 3 is 2.48 bits per heavy atom. The summed E-state index contributed by atoms with van der Waals surface area (Å²) >= 11 is 0. The number of nitrogens with zero attached hydrogens (tertiary/aromatic N) is 1. The van der Waals surface area contributed by atoms with Crippen molar-refractivity contribution in [2.24, 2.45) is 0 Å². The second-order valence-electron chi connectivity index (χ2n) is 9.24. The highest BCUT2D eigenvalue weighted by Gasteiger charge is 2.48. The number of nitrogens with one attached hydrogen (secondary N) is 1. The summed E-state index contributed by atoms with van der Waals surface area (Å²) in [5.74, 6) is 0.260. The molecule has 1 fully saturated rings. The first-order chi connectivity index (χ1) is 13.7. The van der Waals surface area contributed by atoms with Gasteiger partial charge in [0.15, 0.2) is 0 Å². The number of ketones is 1. The molecule has 6 nitrogen and oxygen atoms in total. The van der Waals surface area contributed by atoms with Crippen molar-refractivity contribution >= 4 is 29.0 Å². The predicted molar refractivity (Wildman–Crippen MR) is 111 cm³/mol. The van der Waals surface area contributed by atoms with Gasteiger partial charge in [-0.25, -0.2) is 4.79 Å². The van der Waals surface area contributed by atoms with Gasteiger partial charge in [0.2, 0.25) is 5.91 Å². The van der Waals surface area contributed by atoms with Gasteiger partial charge in [-0.3, -0.25) is 9.59 Å². The molecule has 6 heteroatoms. The first-order valence-corrected chi connectivity index (χ1v) is 10.3. The molecule has 1 saturated carbocycles. The van der Waals surface area contributed by atoms with Crippen LogP contribution in [0.5, 0.6) is 0 Å². The number of amides is 2. The molecule has 29 heavy (non-hydrogen) atoms. The van der Waals surface area contributed by atoms with Crippen LogP contribution in [-0.2, 0) is 19.7 Å². The molecule has 1 aliphatic carbocycles. The molecule has 2 aliphatic heterocycles. The molecule has 0 radical (unpaired) electrons. The second-order valence-corrected chi connectivity index (χ2v) is 9.24. The zero-order valence-corrected chi connectivity index (χ0v) is 17.3. The summed E-state index contributed by atoms with van der Waals surface area (Å²) in [7, 11) is 0. The number of rotatable bonds is 1. The van der Waals surface area contributed by atoms with Crippen LogP contribution in [0.25, 0.3) is 5.57 Å². The molecule has 0 saturated heterocycles.